The Morgan fingerprint density at radius 3 is 3.12 bits per heavy atom. The number of carbonyl (C=O) groups excluding carboxylic acids is 1. The lowest BCUT2D eigenvalue weighted by Gasteiger charge is -2.07. The van der Waals surface area contributed by atoms with Crippen molar-refractivity contribution in [3.8, 4) is 0 Å². The SMILES string of the molecule is COC(=O)CCn1cc2c(c1)C(N)CCCC2. The molecule has 1 aliphatic rings. The van der Waals surface area contributed by atoms with Gasteiger partial charge < -0.3 is 15.0 Å². The van der Waals surface area contributed by atoms with Gasteiger partial charge in [0.15, 0.2) is 0 Å². The summed E-state index contributed by atoms with van der Waals surface area (Å²) in [6.07, 6.45) is 9.22. The summed E-state index contributed by atoms with van der Waals surface area (Å²) in [6, 6.07) is 0.159. The van der Waals surface area contributed by atoms with E-state index in [2.05, 4.69) is 21.7 Å². The largest absolute Gasteiger partial charge is 0.469 e. The zero-order valence-electron chi connectivity index (χ0n) is 10.3. The van der Waals surface area contributed by atoms with Crippen LogP contribution in [0.2, 0.25) is 0 Å². The molecule has 4 heteroatoms. The van der Waals surface area contributed by atoms with Gasteiger partial charge in [0, 0.05) is 25.0 Å². The molecular weight excluding hydrogens is 216 g/mol. The predicted octanol–water partition coefficient (Wildman–Crippen LogP) is 1.78. The second-order valence-electron chi connectivity index (χ2n) is 4.66. The highest BCUT2D eigenvalue weighted by Gasteiger charge is 2.17. The lowest BCUT2D eigenvalue weighted by molar-refractivity contribution is -0.140. The van der Waals surface area contributed by atoms with Crippen LogP contribution in [-0.2, 0) is 22.5 Å². The number of aryl methyl sites for hydroxylation is 2. The first kappa shape index (κ1) is 12.2. The van der Waals surface area contributed by atoms with Gasteiger partial charge in [0.2, 0.25) is 0 Å². The van der Waals surface area contributed by atoms with E-state index >= 15 is 0 Å². The molecule has 17 heavy (non-hydrogen) atoms. The maximum atomic E-state index is 11.1. The Labute approximate surface area is 102 Å². The molecule has 0 saturated heterocycles. The Hall–Kier alpha value is -1.29. The van der Waals surface area contributed by atoms with Gasteiger partial charge in [-0.25, -0.2) is 0 Å². The van der Waals surface area contributed by atoms with Crippen LogP contribution in [0.3, 0.4) is 0 Å². The summed E-state index contributed by atoms with van der Waals surface area (Å²) in [5, 5.41) is 0. The van der Waals surface area contributed by atoms with E-state index in [0.717, 1.165) is 12.8 Å². The fraction of sp³-hybridized carbons (Fsp3) is 0.615. The van der Waals surface area contributed by atoms with Gasteiger partial charge in [-0.2, -0.15) is 0 Å². The fourth-order valence-corrected chi connectivity index (χ4v) is 2.40. The van der Waals surface area contributed by atoms with E-state index in [1.807, 2.05) is 0 Å². The molecular formula is C13H20N2O2. The number of aromatic nitrogens is 1. The van der Waals surface area contributed by atoms with Crippen LogP contribution in [0.25, 0.3) is 0 Å². The van der Waals surface area contributed by atoms with Gasteiger partial charge >= 0.3 is 5.97 Å². The Kier molecular flexibility index (Phi) is 3.84. The van der Waals surface area contributed by atoms with Gasteiger partial charge in [-0.05, 0) is 30.4 Å². The molecule has 1 aliphatic carbocycles. The van der Waals surface area contributed by atoms with E-state index in [-0.39, 0.29) is 12.0 Å². The van der Waals surface area contributed by atoms with Gasteiger partial charge in [-0.3, -0.25) is 4.79 Å². The number of esters is 1. The van der Waals surface area contributed by atoms with Crippen molar-refractivity contribution in [2.24, 2.45) is 5.73 Å². The van der Waals surface area contributed by atoms with E-state index < -0.39 is 0 Å². The minimum Gasteiger partial charge on any atom is -0.469 e. The van der Waals surface area contributed by atoms with Gasteiger partial charge in [0.05, 0.1) is 13.5 Å². The lowest BCUT2D eigenvalue weighted by Crippen LogP contribution is -2.09. The van der Waals surface area contributed by atoms with Gasteiger partial charge in [-0.15, -0.1) is 0 Å². The number of hydrogen-bond acceptors (Lipinski definition) is 3. The number of carbonyl (C=O) groups is 1. The van der Waals surface area contributed by atoms with Crippen molar-refractivity contribution in [1.29, 1.82) is 0 Å². The van der Waals surface area contributed by atoms with Gasteiger partial charge in [0.1, 0.15) is 0 Å². The second-order valence-corrected chi connectivity index (χ2v) is 4.66. The van der Waals surface area contributed by atoms with Crippen LogP contribution < -0.4 is 5.73 Å². The molecule has 1 aromatic heterocycles. The van der Waals surface area contributed by atoms with E-state index in [0.29, 0.717) is 13.0 Å². The third kappa shape index (κ3) is 2.88. The molecule has 1 unspecified atom stereocenters. The zero-order chi connectivity index (χ0) is 12.3. The van der Waals surface area contributed by atoms with Crippen molar-refractivity contribution in [2.45, 2.75) is 44.7 Å². The van der Waals surface area contributed by atoms with Crippen molar-refractivity contribution in [1.82, 2.24) is 4.57 Å². The molecule has 1 atom stereocenters. The van der Waals surface area contributed by atoms with Crippen LogP contribution >= 0.6 is 0 Å². The minimum atomic E-state index is -0.168. The standard InChI is InChI=1S/C13H20N2O2/c1-17-13(16)6-7-15-8-10-4-2-3-5-12(14)11(10)9-15/h8-9,12H,2-7,14H2,1H3. The summed E-state index contributed by atoms with van der Waals surface area (Å²) < 4.78 is 6.70. The van der Waals surface area contributed by atoms with Gasteiger partial charge in [-0.1, -0.05) is 6.42 Å². The third-order valence-electron chi connectivity index (χ3n) is 3.41. The topological polar surface area (TPSA) is 57.2 Å². The summed E-state index contributed by atoms with van der Waals surface area (Å²) in [4.78, 5) is 11.1. The minimum absolute atomic E-state index is 0.159. The number of fused-ring (bicyclic) bond motifs is 1. The van der Waals surface area contributed by atoms with E-state index in [9.17, 15) is 4.79 Å². The van der Waals surface area contributed by atoms with Crippen LogP contribution in [0.4, 0.5) is 0 Å². The van der Waals surface area contributed by atoms with E-state index in [1.165, 1.54) is 31.1 Å². The first-order valence-electron chi connectivity index (χ1n) is 6.21. The Balaban J connectivity index is 2.06. The molecule has 0 aliphatic heterocycles. The molecule has 2 rings (SSSR count). The van der Waals surface area contributed by atoms with Crippen LogP contribution in [0.1, 0.15) is 42.9 Å². The average Bonchev–Trinajstić information content (AvgIpc) is 2.67. The van der Waals surface area contributed by atoms with Crippen LogP contribution in [0, 0.1) is 0 Å². The van der Waals surface area contributed by atoms with Crippen molar-refractivity contribution in [3.05, 3.63) is 23.5 Å². The number of rotatable bonds is 3. The maximum Gasteiger partial charge on any atom is 0.307 e. The molecule has 2 N–H and O–H groups in total. The highest BCUT2D eigenvalue weighted by Crippen LogP contribution is 2.27. The molecule has 0 aromatic carbocycles. The Morgan fingerprint density at radius 1 is 1.53 bits per heavy atom. The number of nitrogens with two attached hydrogens (primary N) is 1. The molecule has 0 spiro atoms. The summed E-state index contributed by atoms with van der Waals surface area (Å²) in [6.45, 7) is 0.673. The summed E-state index contributed by atoms with van der Waals surface area (Å²) in [7, 11) is 1.42. The molecule has 1 heterocycles. The quantitative estimate of drug-likeness (QED) is 0.643. The molecule has 4 nitrogen and oxygen atoms in total. The highest BCUT2D eigenvalue weighted by molar-refractivity contribution is 5.68. The predicted molar refractivity (Wildman–Crippen MR) is 65.5 cm³/mol. The molecule has 0 bridgehead atoms. The van der Waals surface area contributed by atoms with Crippen molar-refractivity contribution in [3.63, 3.8) is 0 Å². The molecule has 0 amide bonds. The second kappa shape index (κ2) is 5.36. The first-order chi connectivity index (χ1) is 8.20. The number of hydrogen-bond donors (Lipinski definition) is 1. The van der Waals surface area contributed by atoms with Crippen molar-refractivity contribution < 1.29 is 9.53 Å². The van der Waals surface area contributed by atoms with Crippen LogP contribution in [-0.4, -0.2) is 17.6 Å². The molecule has 94 valence electrons. The zero-order valence-corrected chi connectivity index (χ0v) is 10.3. The van der Waals surface area contributed by atoms with E-state index in [1.54, 1.807) is 0 Å². The third-order valence-corrected chi connectivity index (χ3v) is 3.41. The number of methoxy groups -OCH3 is 1. The fourth-order valence-electron chi connectivity index (χ4n) is 2.40. The van der Waals surface area contributed by atoms with Crippen molar-refractivity contribution >= 4 is 5.97 Å². The maximum absolute atomic E-state index is 11.1. The first-order valence-corrected chi connectivity index (χ1v) is 6.21. The molecule has 0 saturated carbocycles. The average molecular weight is 236 g/mol. The highest BCUT2D eigenvalue weighted by atomic mass is 16.5. The monoisotopic (exact) mass is 236 g/mol. The summed E-state index contributed by atoms with van der Waals surface area (Å²) in [5.74, 6) is -0.168. The molecule has 0 fully saturated rings. The smallest absolute Gasteiger partial charge is 0.307 e. The van der Waals surface area contributed by atoms with E-state index in [4.69, 9.17) is 5.73 Å². The van der Waals surface area contributed by atoms with Crippen LogP contribution in [0.15, 0.2) is 12.4 Å². The van der Waals surface area contributed by atoms with Crippen LogP contribution in [0.5, 0.6) is 0 Å². The number of ether oxygens (including phenoxy) is 1. The normalized spacial score (nSPS) is 19.5. The Morgan fingerprint density at radius 2 is 2.35 bits per heavy atom. The molecule has 1 aromatic rings. The van der Waals surface area contributed by atoms with Gasteiger partial charge in [0.25, 0.3) is 0 Å². The molecule has 0 radical (unpaired) electrons. The number of nitrogens with zero attached hydrogens (tertiary/aromatic N) is 1. The summed E-state index contributed by atoms with van der Waals surface area (Å²) in [5.41, 5.74) is 8.74. The Bertz CT molecular complexity index is 398. The summed E-state index contributed by atoms with van der Waals surface area (Å²) >= 11 is 0. The van der Waals surface area contributed by atoms with Crippen molar-refractivity contribution in [2.75, 3.05) is 7.11 Å². The lowest BCUT2D eigenvalue weighted by atomic mass is 10.1.